The molecule has 0 bridgehead atoms. The number of nitrogens with zero attached hydrogens (tertiary/aromatic N) is 4. The van der Waals surface area contributed by atoms with E-state index >= 15 is 0 Å². The number of nitriles is 1. The molecule has 0 amide bonds. The SMILES string of the molecule is Cc1nc(C#N)cc2nc(CCl)n(C[C@@H]3CCO3)c12. The summed E-state index contributed by atoms with van der Waals surface area (Å²) in [4.78, 5) is 8.77. The molecule has 1 atom stereocenters. The van der Waals surface area contributed by atoms with Gasteiger partial charge in [-0.15, -0.1) is 11.6 Å². The minimum absolute atomic E-state index is 0.231. The molecule has 19 heavy (non-hydrogen) atoms. The van der Waals surface area contributed by atoms with E-state index in [4.69, 9.17) is 21.6 Å². The van der Waals surface area contributed by atoms with Gasteiger partial charge in [0.2, 0.25) is 0 Å². The highest BCUT2D eigenvalue weighted by Gasteiger charge is 2.22. The molecule has 2 aromatic rings. The van der Waals surface area contributed by atoms with E-state index in [1.807, 2.05) is 6.92 Å². The Balaban J connectivity index is 2.14. The normalized spacial score (nSPS) is 18.3. The lowest BCUT2D eigenvalue weighted by Crippen LogP contribution is -2.31. The van der Waals surface area contributed by atoms with Gasteiger partial charge in [0.15, 0.2) is 0 Å². The zero-order valence-electron chi connectivity index (χ0n) is 10.6. The van der Waals surface area contributed by atoms with E-state index < -0.39 is 0 Å². The first-order chi connectivity index (χ1) is 9.22. The molecule has 0 radical (unpaired) electrons. The summed E-state index contributed by atoms with van der Waals surface area (Å²) >= 11 is 5.96. The van der Waals surface area contributed by atoms with Gasteiger partial charge in [0.25, 0.3) is 0 Å². The van der Waals surface area contributed by atoms with Crippen LogP contribution in [0.5, 0.6) is 0 Å². The van der Waals surface area contributed by atoms with Gasteiger partial charge in [-0.2, -0.15) is 5.26 Å². The topological polar surface area (TPSA) is 63.7 Å². The quantitative estimate of drug-likeness (QED) is 0.806. The van der Waals surface area contributed by atoms with Gasteiger partial charge in [0.1, 0.15) is 17.6 Å². The number of hydrogen-bond donors (Lipinski definition) is 0. The molecule has 3 heterocycles. The third kappa shape index (κ3) is 2.07. The lowest BCUT2D eigenvalue weighted by molar-refractivity contribution is -0.0589. The van der Waals surface area contributed by atoms with Crippen molar-refractivity contribution in [2.24, 2.45) is 0 Å². The Morgan fingerprint density at radius 1 is 1.58 bits per heavy atom. The average molecular weight is 277 g/mol. The summed E-state index contributed by atoms with van der Waals surface area (Å²) in [7, 11) is 0. The standard InChI is InChI=1S/C13H13ClN4O/c1-8-13-11(4-9(6-15)16-8)17-12(5-14)18(13)7-10-2-3-19-10/h4,10H,2-3,5,7H2,1H3/t10-/m0/s1. The van der Waals surface area contributed by atoms with Crippen LogP contribution in [-0.2, 0) is 17.2 Å². The summed E-state index contributed by atoms with van der Waals surface area (Å²) in [6, 6.07) is 3.76. The number of ether oxygens (including phenoxy) is 1. The Morgan fingerprint density at radius 2 is 2.37 bits per heavy atom. The second kappa shape index (κ2) is 4.80. The third-order valence-electron chi connectivity index (χ3n) is 3.39. The molecule has 0 unspecified atom stereocenters. The minimum atomic E-state index is 0.231. The molecule has 0 N–H and O–H groups in total. The van der Waals surface area contributed by atoms with Crippen LogP contribution in [0.1, 0.15) is 23.6 Å². The predicted octanol–water partition coefficient (Wildman–Crippen LogP) is 2.14. The van der Waals surface area contributed by atoms with Crippen LogP contribution >= 0.6 is 11.6 Å². The molecular weight excluding hydrogens is 264 g/mol. The van der Waals surface area contributed by atoms with Gasteiger partial charge in [-0.05, 0) is 13.3 Å². The first-order valence-electron chi connectivity index (χ1n) is 6.17. The Morgan fingerprint density at radius 3 is 2.95 bits per heavy atom. The Kier molecular flexibility index (Phi) is 3.13. The van der Waals surface area contributed by atoms with Crippen molar-refractivity contribution in [3.8, 4) is 6.07 Å². The maximum Gasteiger partial charge on any atom is 0.143 e. The van der Waals surface area contributed by atoms with E-state index in [1.165, 1.54) is 0 Å². The number of aryl methyl sites for hydroxylation is 1. The van der Waals surface area contributed by atoms with E-state index in [0.29, 0.717) is 11.6 Å². The lowest BCUT2D eigenvalue weighted by Gasteiger charge is -2.27. The van der Waals surface area contributed by atoms with Crippen LogP contribution in [0, 0.1) is 18.3 Å². The second-order valence-corrected chi connectivity index (χ2v) is 4.89. The lowest BCUT2D eigenvalue weighted by atomic mass is 10.2. The molecule has 0 spiro atoms. The number of aromatic nitrogens is 3. The highest BCUT2D eigenvalue weighted by Crippen LogP contribution is 2.24. The Bertz CT molecular complexity index is 669. The van der Waals surface area contributed by atoms with Crippen molar-refractivity contribution >= 4 is 22.6 Å². The average Bonchev–Trinajstić information content (AvgIpc) is 2.71. The molecule has 1 aliphatic heterocycles. The number of imidazole rings is 1. The summed E-state index contributed by atoms with van der Waals surface area (Å²) in [6.45, 7) is 3.46. The molecule has 1 saturated heterocycles. The fourth-order valence-electron chi connectivity index (χ4n) is 2.38. The number of rotatable bonds is 3. The molecular formula is C13H13ClN4O. The first kappa shape index (κ1) is 12.4. The zero-order chi connectivity index (χ0) is 13.4. The smallest absolute Gasteiger partial charge is 0.143 e. The zero-order valence-corrected chi connectivity index (χ0v) is 11.3. The number of hydrogen-bond acceptors (Lipinski definition) is 4. The van der Waals surface area contributed by atoms with Crippen LogP contribution in [0.3, 0.4) is 0 Å². The molecule has 0 saturated carbocycles. The van der Waals surface area contributed by atoms with E-state index in [1.54, 1.807) is 6.07 Å². The van der Waals surface area contributed by atoms with E-state index in [0.717, 1.165) is 42.1 Å². The van der Waals surface area contributed by atoms with Crippen LogP contribution < -0.4 is 0 Å². The van der Waals surface area contributed by atoms with Crippen LogP contribution in [0.15, 0.2) is 6.07 Å². The summed E-state index contributed by atoms with van der Waals surface area (Å²) in [5.74, 6) is 1.13. The molecule has 1 aliphatic rings. The van der Waals surface area contributed by atoms with Crippen LogP contribution in [-0.4, -0.2) is 27.2 Å². The number of pyridine rings is 1. The molecule has 98 valence electrons. The predicted molar refractivity (Wildman–Crippen MR) is 70.9 cm³/mol. The van der Waals surface area contributed by atoms with Gasteiger partial charge >= 0.3 is 0 Å². The first-order valence-corrected chi connectivity index (χ1v) is 6.71. The van der Waals surface area contributed by atoms with E-state index in [9.17, 15) is 0 Å². The van der Waals surface area contributed by atoms with Gasteiger partial charge in [-0.3, -0.25) is 0 Å². The Labute approximate surface area is 115 Å². The molecule has 3 rings (SSSR count). The largest absolute Gasteiger partial charge is 0.376 e. The van der Waals surface area contributed by atoms with Crippen molar-refractivity contribution in [3.63, 3.8) is 0 Å². The molecule has 0 aromatic carbocycles. The van der Waals surface area contributed by atoms with Crippen LogP contribution in [0.4, 0.5) is 0 Å². The maximum absolute atomic E-state index is 8.95. The number of alkyl halides is 1. The summed E-state index contributed by atoms with van der Waals surface area (Å²) in [5.41, 5.74) is 2.91. The van der Waals surface area contributed by atoms with Crippen molar-refractivity contribution in [2.75, 3.05) is 6.61 Å². The summed E-state index contributed by atoms with van der Waals surface area (Å²) < 4.78 is 7.54. The number of fused-ring (bicyclic) bond motifs is 1. The highest BCUT2D eigenvalue weighted by atomic mass is 35.5. The van der Waals surface area contributed by atoms with Gasteiger partial charge in [-0.25, -0.2) is 9.97 Å². The summed E-state index contributed by atoms with van der Waals surface area (Å²) in [6.07, 6.45) is 1.29. The molecule has 6 heteroatoms. The fourth-order valence-corrected chi connectivity index (χ4v) is 2.59. The van der Waals surface area contributed by atoms with Crippen LogP contribution in [0.25, 0.3) is 11.0 Å². The van der Waals surface area contributed by atoms with Crippen molar-refractivity contribution < 1.29 is 4.74 Å². The third-order valence-corrected chi connectivity index (χ3v) is 3.63. The van der Waals surface area contributed by atoms with Crippen molar-refractivity contribution in [2.45, 2.75) is 31.9 Å². The highest BCUT2D eigenvalue weighted by molar-refractivity contribution is 6.16. The minimum Gasteiger partial charge on any atom is -0.376 e. The van der Waals surface area contributed by atoms with Crippen molar-refractivity contribution in [3.05, 3.63) is 23.3 Å². The molecule has 5 nitrogen and oxygen atoms in total. The van der Waals surface area contributed by atoms with Gasteiger partial charge in [-0.1, -0.05) is 0 Å². The van der Waals surface area contributed by atoms with Crippen LogP contribution in [0.2, 0.25) is 0 Å². The monoisotopic (exact) mass is 276 g/mol. The fraction of sp³-hybridized carbons (Fsp3) is 0.462. The Hall–Kier alpha value is -1.64. The van der Waals surface area contributed by atoms with Crippen molar-refractivity contribution in [1.82, 2.24) is 14.5 Å². The molecule has 0 aliphatic carbocycles. The maximum atomic E-state index is 8.95. The number of halogens is 1. The van der Waals surface area contributed by atoms with Gasteiger partial charge in [0, 0.05) is 12.7 Å². The molecule has 1 fully saturated rings. The van der Waals surface area contributed by atoms with E-state index in [2.05, 4.69) is 20.6 Å². The van der Waals surface area contributed by atoms with Gasteiger partial charge < -0.3 is 9.30 Å². The summed E-state index contributed by atoms with van der Waals surface area (Å²) in [5, 5.41) is 8.95. The second-order valence-electron chi connectivity index (χ2n) is 4.63. The van der Waals surface area contributed by atoms with Gasteiger partial charge in [0.05, 0.1) is 35.3 Å². The van der Waals surface area contributed by atoms with E-state index in [-0.39, 0.29) is 6.10 Å². The van der Waals surface area contributed by atoms with Crippen molar-refractivity contribution in [1.29, 1.82) is 5.26 Å². The molecule has 2 aromatic heterocycles.